The molecule has 1 aromatic heterocycles. The molecule has 9 heteroatoms. The van der Waals surface area contributed by atoms with E-state index < -0.39 is 0 Å². The third kappa shape index (κ3) is 4.40. The zero-order chi connectivity index (χ0) is 23.5. The summed E-state index contributed by atoms with van der Waals surface area (Å²) in [5, 5.41) is 15.7. The first-order valence-corrected chi connectivity index (χ1v) is 11.1. The van der Waals surface area contributed by atoms with Gasteiger partial charge in [-0.05, 0) is 45.8 Å². The fourth-order valence-electron chi connectivity index (χ4n) is 3.91. The Hall–Kier alpha value is -4.04. The molecule has 1 atom stereocenters. The molecule has 0 spiro atoms. The highest BCUT2D eigenvalue weighted by Crippen LogP contribution is 2.36. The Morgan fingerprint density at radius 1 is 1.00 bits per heavy atom. The zero-order valence-corrected chi connectivity index (χ0v) is 18.7. The topological polar surface area (TPSA) is 75.9 Å². The van der Waals surface area contributed by atoms with Crippen LogP contribution >= 0.6 is 11.6 Å². The smallest absolute Gasteiger partial charge is 0.251 e. The molecule has 5 rings (SSSR count). The number of aromatic nitrogens is 4. The van der Waals surface area contributed by atoms with Gasteiger partial charge in [-0.15, -0.1) is 0 Å². The zero-order valence-electron chi connectivity index (χ0n) is 18.0. The van der Waals surface area contributed by atoms with Crippen molar-refractivity contribution in [3.8, 4) is 0 Å². The standard InChI is InChI=1S/C25H20ClFN6O/c26-20-12-10-18(11-13-20)23-14-22(17-6-2-1-3-7-17)32(25-29-30-31-33(23)25)16-24(34)28-15-19-8-4-5-9-21(19)27/h1-14,23H,15-16H2,(H,28,34)/t23-/m1/s1. The molecule has 3 aromatic carbocycles. The van der Waals surface area contributed by atoms with Gasteiger partial charge in [0.15, 0.2) is 0 Å². The summed E-state index contributed by atoms with van der Waals surface area (Å²) in [5.41, 5.74) is 3.08. The van der Waals surface area contributed by atoms with Crippen molar-refractivity contribution in [1.29, 1.82) is 0 Å². The van der Waals surface area contributed by atoms with Crippen molar-refractivity contribution in [2.75, 3.05) is 11.4 Å². The third-order valence-corrected chi connectivity index (χ3v) is 5.86. The molecule has 34 heavy (non-hydrogen) atoms. The molecule has 0 saturated heterocycles. The third-order valence-electron chi connectivity index (χ3n) is 5.60. The van der Waals surface area contributed by atoms with Crippen LogP contribution in [-0.2, 0) is 11.3 Å². The van der Waals surface area contributed by atoms with Crippen molar-refractivity contribution >= 4 is 29.2 Å². The minimum atomic E-state index is -0.361. The molecule has 4 aromatic rings. The summed E-state index contributed by atoms with van der Waals surface area (Å²) in [6, 6.07) is 23.3. The molecule has 0 saturated carbocycles. The highest BCUT2D eigenvalue weighted by Gasteiger charge is 2.31. The van der Waals surface area contributed by atoms with E-state index in [4.69, 9.17) is 11.6 Å². The molecular formula is C25H20ClFN6O. The number of nitrogens with one attached hydrogen (secondary N) is 1. The molecule has 0 bridgehead atoms. The quantitative estimate of drug-likeness (QED) is 0.452. The molecule has 0 fully saturated rings. The number of amides is 1. The summed E-state index contributed by atoms with van der Waals surface area (Å²) in [4.78, 5) is 14.7. The number of carbonyl (C=O) groups is 1. The molecule has 2 heterocycles. The van der Waals surface area contributed by atoms with E-state index in [-0.39, 0.29) is 30.9 Å². The second kappa shape index (κ2) is 9.44. The van der Waals surface area contributed by atoms with E-state index in [1.807, 2.05) is 60.7 Å². The normalized spacial score (nSPS) is 14.9. The van der Waals surface area contributed by atoms with Crippen LogP contribution in [0.4, 0.5) is 10.3 Å². The Morgan fingerprint density at radius 2 is 1.74 bits per heavy atom. The molecule has 1 aliphatic heterocycles. The minimum absolute atomic E-state index is 0.0388. The van der Waals surface area contributed by atoms with Crippen LogP contribution in [0.1, 0.15) is 22.7 Å². The van der Waals surface area contributed by atoms with Crippen molar-refractivity contribution in [2.45, 2.75) is 12.6 Å². The average Bonchev–Trinajstić information content (AvgIpc) is 3.35. The van der Waals surface area contributed by atoms with E-state index in [1.54, 1.807) is 27.8 Å². The van der Waals surface area contributed by atoms with Crippen LogP contribution in [0.2, 0.25) is 5.02 Å². The highest BCUT2D eigenvalue weighted by molar-refractivity contribution is 6.30. The van der Waals surface area contributed by atoms with Crippen molar-refractivity contribution in [3.05, 3.63) is 112 Å². The van der Waals surface area contributed by atoms with Gasteiger partial charge < -0.3 is 5.32 Å². The summed E-state index contributed by atoms with van der Waals surface area (Å²) in [7, 11) is 0. The van der Waals surface area contributed by atoms with E-state index >= 15 is 0 Å². The molecule has 7 nitrogen and oxygen atoms in total. The molecule has 1 aliphatic rings. The number of allylic oxidation sites excluding steroid dienone is 1. The van der Waals surface area contributed by atoms with Gasteiger partial charge in [0, 0.05) is 17.1 Å². The van der Waals surface area contributed by atoms with Gasteiger partial charge in [-0.3, -0.25) is 9.69 Å². The van der Waals surface area contributed by atoms with E-state index in [2.05, 4.69) is 20.8 Å². The largest absolute Gasteiger partial charge is 0.350 e. The Kier molecular flexibility index (Phi) is 6.05. The average molecular weight is 475 g/mol. The van der Waals surface area contributed by atoms with Crippen molar-refractivity contribution in [2.24, 2.45) is 0 Å². The van der Waals surface area contributed by atoms with Gasteiger partial charge in [-0.2, -0.15) is 4.68 Å². The number of hydrogen-bond donors (Lipinski definition) is 1. The fourth-order valence-corrected chi connectivity index (χ4v) is 4.04. The monoisotopic (exact) mass is 474 g/mol. The SMILES string of the molecule is O=C(CN1C(c2ccccc2)=C[C@H](c2ccc(Cl)cc2)n2nnnc21)NCc1ccccc1F. The molecule has 170 valence electrons. The number of halogens is 2. The first kappa shape index (κ1) is 21.8. The maximum absolute atomic E-state index is 14.0. The summed E-state index contributed by atoms with van der Waals surface area (Å²) >= 11 is 6.08. The molecule has 1 N–H and O–H groups in total. The fraction of sp³-hybridized carbons (Fsp3) is 0.120. The van der Waals surface area contributed by atoms with Gasteiger partial charge in [-0.1, -0.05) is 77.4 Å². The summed E-state index contributed by atoms with van der Waals surface area (Å²) in [5.74, 6) is -0.215. The molecular weight excluding hydrogens is 455 g/mol. The van der Waals surface area contributed by atoms with Gasteiger partial charge in [0.25, 0.3) is 5.95 Å². The van der Waals surface area contributed by atoms with E-state index in [0.717, 1.165) is 16.8 Å². The van der Waals surface area contributed by atoms with E-state index in [1.165, 1.54) is 6.07 Å². The predicted molar refractivity (Wildman–Crippen MR) is 127 cm³/mol. The maximum Gasteiger partial charge on any atom is 0.251 e. The van der Waals surface area contributed by atoms with Crippen LogP contribution in [-0.4, -0.2) is 32.7 Å². The summed E-state index contributed by atoms with van der Waals surface area (Å²) in [6.07, 6.45) is 2.02. The van der Waals surface area contributed by atoms with Crippen molar-refractivity contribution in [1.82, 2.24) is 25.5 Å². The van der Waals surface area contributed by atoms with Crippen LogP contribution in [0.3, 0.4) is 0 Å². The number of fused-ring (bicyclic) bond motifs is 1. The number of tetrazole rings is 1. The Morgan fingerprint density at radius 3 is 2.50 bits per heavy atom. The van der Waals surface area contributed by atoms with Gasteiger partial charge in [0.2, 0.25) is 5.91 Å². The van der Waals surface area contributed by atoms with E-state index in [0.29, 0.717) is 16.5 Å². The van der Waals surface area contributed by atoms with Crippen molar-refractivity contribution in [3.63, 3.8) is 0 Å². The molecule has 0 aliphatic carbocycles. The van der Waals surface area contributed by atoms with Crippen LogP contribution in [0.15, 0.2) is 84.9 Å². The van der Waals surface area contributed by atoms with Gasteiger partial charge in [0.1, 0.15) is 18.4 Å². The Bertz CT molecular complexity index is 1340. The lowest BCUT2D eigenvalue weighted by Crippen LogP contribution is -2.40. The van der Waals surface area contributed by atoms with Gasteiger partial charge in [-0.25, -0.2) is 4.39 Å². The number of hydrogen-bond acceptors (Lipinski definition) is 5. The predicted octanol–water partition coefficient (Wildman–Crippen LogP) is 4.23. The maximum atomic E-state index is 14.0. The lowest BCUT2D eigenvalue weighted by atomic mass is 10.0. The number of nitrogens with zero attached hydrogens (tertiary/aromatic N) is 5. The van der Waals surface area contributed by atoms with Crippen LogP contribution in [0.25, 0.3) is 5.70 Å². The summed E-state index contributed by atoms with van der Waals surface area (Å²) < 4.78 is 15.6. The first-order chi connectivity index (χ1) is 16.6. The Balaban J connectivity index is 1.47. The first-order valence-electron chi connectivity index (χ1n) is 10.7. The Labute approximate surface area is 200 Å². The molecule has 1 amide bonds. The van der Waals surface area contributed by atoms with Crippen LogP contribution in [0, 0.1) is 5.82 Å². The highest BCUT2D eigenvalue weighted by atomic mass is 35.5. The van der Waals surface area contributed by atoms with Gasteiger partial charge in [0.05, 0.1) is 5.70 Å². The van der Waals surface area contributed by atoms with Crippen LogP contribution in [0.5, 0.6) is 0 Å². The number of anilines is 1. The van der Waals surface area contributed by atoms with Gasteiger partial charge >= 0.3 is 0 Å². The number of rotatable bonds is 6. The minimum Gasteiger partial charge on any atom is -0.350 e. The van der Waals surface area contributed by atoms with E-state index in [9.17, 15) is 9.18 Å². The second-order valence-electron chi connectivity index (χ2n) is 7.79. The number of carbonyl (C=O) groups excluding carboxylic acids is 1. The lowest BCUT2D eigenvalue weighted by Gasteiger charge is -2.32. The number of benzene rings is 3. The van der Waals surface area contributed by atoms with Crippen molar-refractivity contribution < 1.29 is 9.18 Å². The molecule has 0 radical (unpaired) electrons. The van der Waals surface area contributed by atoms with Crippen LogP contribution < -0.4 is 10.2 Å². The lowest BCUT2D eigenvalue weighted by molar-refractivity contribution is -0.119. The summed E-state index contributed by atoms with van der Waals surface area (Å²) in [6.45, 7) is 0.0466. The second-order valence-corrected chi connectivity index (χ2v) is 8.23. The molecule has 0 unspecified atom stereocenters.